The van der Waals surface area contributed by atoms with Crippen molar-refractivity contribution in [1.82, 2.24) is 0 Å². The normalized spacial score (nSPS) is 15.1. The predicted molar refractivity (Wildman–Crippen MR) is 180 cm³/mol. The standard InChI is InChI=1S/C27H59Si6.Sb/c1-28(2,3)25(29(4,5)6)22-19-23(26(30(7,8)9)31(10,11)12)21-24(20-22)27(32(13,14)15)33(16,17)18;/h19-20,25-27H,1-18H3;. The van der Waals surface area contributed by atoms with Crippen molar-refractivity contribution in [3.63, 3.8) is 0 Å². The molecule has 0 aliphatic heterocycles. The average molecular weight is 674 g/mol. The van der Waals surface area contributed by atoms with Crippen molar-refractivity contribution >= 4 is 75.0 Å². The van der Waals surface area contributed by atoms with Crippen LogP contribution in [0.4, 0.5) is 0 Å². The van der Waals surface area contributed by atoms with Crippen molar-refractivity contribution < 1.29 is 0 Å². The van der Waals surface area contributed by atoms with Crippen LogP contribution in [0.1, 0.15) is 32.2 Å². The topological polar surface area (TPSA) is 0 Å². The van der Waals surface area contributed by atoms with Gasteiger partial charge >= 0.3 is 237 Å². The Hall–Kier alpha value is 1.34. The van der Waals surface area contributed by atoms with Crippen molar-refractivity contribution in [1.29, 1.82) is 0 Å². The second kappa shape index (κ2) is 10.5. The van der Waals surface area contributed by atoms with Gasteiger partial charge in [-0.25, -0.2) is 0 Å². The van der Waals surface area contributed by atoms with E-state index in [4.69, 9.17) is 0 Å². The SMILES string of the molecule is C[Si](C)(C)C(c1cc(C([Si](C)(C)C)[Si](C)(C)C)[c]([Sb])c(C([Si](C)(C)C)[Si](C)(C)C)c1)[Si](C)(C)C. The van der Waals surface area contributed by atoms with Crippen LogP contribution in [0.3, 0.4) is 0 Å². The summed E-state index contributed by atoms with van der Waals surface area (Å²) >= 11 is 2.05. The summed E-state index contributed by atoms with van der Waals surface area (Å²) in [6, 6.07) is 5.62. The van der Waals surface area contributed by atoms with Crippen LogP contribution in [-0.4, -0.2) is 71.5 Å². The monoisotopic (exact) mass is 672 g/mol. The van der Waals surface area contributed by atoms with Crippen LogP contribution in [0.2, 0.25) is 118 Å². The third-order valence-corrected chi connectivity index (χ3v) is 36.7. The number of benzene rings is 1. The molecule has 1 aromatic rings. The molecule has 34 heavy (non-hydrogen) atoms. The first-order valence-corrected chi connectivity index (χ1v) is 36.2. The van der Waals surface area contributed by atoms with Crippen molar-refractivity contribution in [2.45, 2.75) is 133 Å². The molecule has 1 rings (SSSR count). The molecule has 0 fully saturated rings. The Kier molecular flexibility index (Phi) is 10.3. The Labute approximate surface area is 235 Å². The molecular weight excluding hydrogens is 615 g/mol. The molecule has 0 nitrogen and oxygen atoms in total. The third-order valence-electron chi connectivity index (χ3n) is 7.34. The molecule has 0 aromatic heterocycles. The van der Waals surface area contributed by atoms with E-state index in [1.165, 1.54) is 0 Å². The maximum atomic E-state index is 2.81. The van der Waals surface area contributed by atoms with Crippen molar-refractivity contribution in [3.8, 4) is 0 Å². The zero-order chi connectivity index (χ0) is 27.5. The van der Waals surface area contributed by atoms with Crippen LogP contribution >= 0.6 is 0 Å². The fourth-order valence-electron chi connectivity index (χ4n) is 8.07. The van der Waals surface area contributed by atoms with E-state index in [0.29, 0.717) is 0 Å². The molecule has 0 N–H and O–H groups in total. The summed E-state index contributed by atoms with van der Waals surface area (Å²) < 4.78 is 1.74. The Morgan fingerprint density at radius 3 is 0.794 bits per heavy atom. The van der Waals surface area contributed by atoms with E-state index in [0.717, 1.165) is 15.5 Å². The minimum absolute atomic E-state index is 0.817. The molecule has 0 amide bonds. The van der Waals surface area contributed by atoms with E-state index in [9.17, 15) is 0 Å². The molecule has 0 atom stereocenters. The van der Waals surface area contributed by atoms with Crippen LogP contribution in [0, 0.1) is 0 Å². The summed E-state index contributed by atoms with van der Waals surface area (Å²) in [4.78, 5) is 0. The summed E-state index contributed by atoms with van der Waals surface area (Å²) in [6.07, 6.45) is 0. The van der Waals surface area contributed by atoms with E-state index >= 15 is 0 Å². The quantitative estimate of drug-likeness (QED) is 0.230. The second-order valence-corrected chi connectivity index (χ2v) is 52.4. The van der Waals surface area contributed by atoms with E-state index in [-0.39, 0.29) is 0 Å². The molecule has 0 saturated carbocycles. The summed E-state index contributed by atoms with van der Waals surface area (Å²) in [5.74, 6) is 0. The zero-order valence-corrected chi connectivity index (χ0v) is 34.9. The summed E-state index contributed by atoms with van der Waals surface area (Å²) in [7, 11) is -8.25. The maximum absolute atomic E-state index is 2.81. The van der Waals surface area contributed by atoms with Crippen molar-refractivity contribution in [3.05, 3.63) is 28.8 Å². The van der Waals surface area contributed by atoms with Gasteiger partial charge in [0.05, 0.1) is 0 Å². The molecule has 0 heterocycles. The van der Waals surface area contributed by atoms with Gasteiger partial charge in [-0.15, -0.1) is 0 Å². The molecule has 0 aliphatic carbocycles. The molecule has 196 valence electrons. The summed E-state index contributed by atoms with van der Waals surface area (Å²) in [5.41, 5.74) is 5.37. The van der Waals surface area contributed by atoms with Gasteiger partial charge in [0, 0.05) is 0 Å². The first-order valence-electron chi connectivity index (χ1n) is 13.5. The van der Waals surface area contributed by atoms with Crippen LogP contribution in [-0.2, 0) is 0 Å². The Morgan fingerprint density at radius 1 is 0.412 bits per heavy atom. The molecule has 1 aromatic carbocycles. The summed E-state index contributed by atoms with van der Waals surface area (Å²) in [5, 5.41) is 2.46. The zero-order valence-electron chi connectivity index (χ0n) is 26.3. The van der Waals surface area contributed by atoms with Gasteiger partial charge in [0.1, 0.15) is 0 Å². The molecule has 0 bridgehead atoms. The Bertz CT molecular complexity index is 757. The minimum atomic E-state index is -1.38. The van der Waals surface area contributed by atoms with Gasteiger partial charge in [-0.05, 0) is 0 Å². The van der Waals surface area contributed by atoms with Crippen molar-refractivity contribution in [2.75, 3.05) is 0 Å². The first-order chi connectivity index (χ1) is 14.6. The van der Waals surface area contributed by atoms with Gasteiger partial charge in [-0.2, -0.15) is 0 Å². The molecule has 0 unspecified atom stereocenters. The number of rotatable bonds is 9. The van der Waals surface area contributed by atoms with E-state index in [2.05, 4.69) is 153 Å². The third kappa shape index (κ3) is 8.17. The molecule has 0 spiro atoms. The number of hydrogen-bond donors (Lipinski definition) is 0. The predicted octanol–water partition coefficient (Wildman–Crippen LogP) is 9.00. The fraction of sp³-hybridized carbons (Fsp3) is 0.778. The molecule has 7 heteroatoms. The fourth-order valence-corrected chi connectivity index (χ4v) is 48.8. The van der Waals surface area contributed by atoms with E-state index in [1.807, 2.05) is 11.1 Å². The van der Waals surface area contributed by atoms with E-state index in [1.54, 1.807) is 9.07 Å². The summed E-state index contributed by atoms with van der Waals surface area (Å²) in [6.45, 7) is 47.6. The molecule has 0 saturated heterocycles. The Balaban J connectivity index is 4.31. The van der Waals surface area contributed by atoms with Gasteiger partial charge in [0.25, 0.3) is 0 Å². The van der Waals surface area contributed by atoms with Gasteiger partial charge < -0.3 is 0 Å². The van der Waals surface area contributed by atoms with E-state index < -0.39 is 48.4 Å². The van der Waals surface area contributed by atoms with Crippen molar-refractivity contribution in [2.24, 2.45) is 0 Å². The number of hydrogen-bond acceptors (Lipinski definition) is 0. The van der Waals surface area contributed by atoms with Gasteiger partial charge in [-0.3, -0.25) is 0 Å². The Morgan fingerprint density at radius 2 is 0.618 bits per heavy atom. The second-order valence-electron chi connectivity index (χ2n) is 17.5. The molecular formula is C27H59SbSi6. The molecule has 2 radical (unpaired) electrons. The average Bonchev–Trinajstić information content (AvgIpc) is 2.42. The van der Waals surface area contributed by atoms with Gasteiger partial charge in [0.2, 0.25) is 0 Å². The van der Waals surface area contributed by atoms with Gasteiger partial charge in [0.15, 0.2) is 0 Å². The molecule has 0 aliphatic rings. The first kappa shape index (κ1) is 33.4. The van der Waals surface area contributed by atoms with Crippen LogP contribution in [0.5, 0.6) is 0 Å². The van der Waals surface area contributed by atoms with Gasteiger partial charge in [-0.1, -0.05) is 0 Å². The van der Waals surface area contributed by atoms with Crippen LogP contribution in [0.15, 0.2) is 12.1 Å². The van der Waals surface area contributed by atoms with Crippen LogP contribution in [0.25, 0.3) is 0 Å². The van der Waals surface area contributed by atoms with Crippen LogP contribution < -0.4 is 3.51 Å².